The van der Waals surface area contributed by atoms with Gasteiger partial charge in [0, 0.05) is 29.4 Å². The van der Waals surface area contributed by atoms with E-state index in [2.05, 4.69) is 9.97 Å². The maximum atomic E-state index is 13.3. The molecule has 0 radical (unpaired) electrons. The Morgan fingerprint density at radius 3 is 2.70 bits per heavy atom. The smallest absolute Gasteiger partial charge is 0.233 e. The quantitative estimate of drug-likeness (QED) is 0.419. The van der Waals surface area contributed by atoms with Gasteiger partial charge in [0.15, 0.2) is 5.78 Å². The second-order valence-electron chi connectivity index (χ2n) is 7.41. The standard InChI is InChI=1S/C23H22ClN3O2S/c1-27(21(29)14-30-22-16-8-2-5-11-19(16)25-15-26-22)23(13-7-6-12-20(23)28)17-9-3-4-10-18(17)24/h2-5,8-11,15H,6-7,12-14H2,1H3/t23-/m1/s1. The maximum absolute atomic E-state index is 13.3. The second-order valence-corrected chi connectivity index (χ2v) is 8.78. The van der Waals surface area contributed by atoms with E-state index in [0.29, 0.717) is 23.4 Å². The molecule has 5 nitrogen and oxygen atoms in total. The molecular formula is C23H22ClN3O2S. The Kier molecular flexibility index (Phi) is 6.06. The largest absolute Gasteiger partial charge is 0.328 e. The molecule has 0 spiro atoms. The molecule has 2 aromatic carbocycles. The van der Waals surface area contributed by atoms with Gasteiger partial charge in [-0.25, -0.2) is 9.97 Å². The van der Waals surface area contributed by atoms with E-state index in [9.17, 15) is 9.59 Å². The van der Waals surface area contributed by atoms with Crippen LogP contribution in [0.2, 0.25) is 5.02 Å². The van der Waals surface area contributed by atoms with Crippen molar-refractivity contribution in [2.75, 3.05) is 12.8 Å². The van der Waals surface area contributed by atoms with Crippen LogP contribution in [0.25, 0.3) is 10.9 Å². The molecule has 1 amide bonds. The molecule has 3 aromatic rings. The fourth-order valence-corrected chi connectivity index (χ4v) is 5.36. The number of carbonyl (C=O) groups excluding carboxylic acids is 2. The van der Waals surface area contributed by atoms with Crippen LogP contribution in [0.1, 0.15) is 31.2 Å². The van der Waals surface area contributed by atoms with Gasteiger partial charge in [-0.2, -0.15) is 0 Å². The van der Waals surface area contributed by atoms with E-state index >= 15 is 0 Å². The summed E-state index contributed by atoms with van der Waals surface area (Å²) >= 11 is 7.85. The molecule has 1 fully saturated rings. The molecule has 154 valence electrons. The van der Waals surface area contributed by atoms with Gasteiger partial charge >= 0.3 is 0 Å². The number of Topliss-reactive ketones (excluding diaryl/α,β-unsaturated/α-hetero) is 1. The van der Waals surface area contributed by atoms with Crippen molar-refractivity contribution in [1.29, 1.82) is 0 Å². The molecule has 30 heavy (non-hydrogen) atoms. The normalized spacial score (nSPS) is 19.1. The maximum Gasteiger partial charge on any atom is 0.233 e. The van der Waals surface area contributed by atoms with Crippen molar-refractivity contribution in [2.45, 2.75) is 36.2 Å². The summed E-state index contributed by atoms with van der Waals surface area (Å²) in [5, 5.41) is 2.18. The molecule has 1 saturated carbocycles. The number of thioether (sulfide) groups is 1. The first kappa shape index (κ1) is 20.8. The summed E-state index contributed by atoms with van der Waals surface area (Å²) in [4.78, 5) is 36.7. The monoisotopic (exact) mass is 439 g/mol. The van der Waals surface area contributed by atoms with E-state index in [-0.39, 0.29) is 17.4 Å². The van der Waals surface area contributed by atoms with Gasteiger partial charge in [0.05, 0.1) is 11.3 Å². The van der Waals surface area contributed by atoms with E-state index in [4.69, 9.17) is 11.6 Å². The van der Waals surface area contributed by atoms with Crippen LogP contribution >= 0.6 is 23.4 Å². The van der Waals surface area contributed by atoms with Crippen LogP contribution in [0.5, 0.6) is 0 Å². The van der Waals surface area contributed by atoms with Crippen LogP contribution < -0.4 is 0 Å². The Bertz CT molecular complexity index is 1100. The summed E-state index contributed by atoms with van der Waals surface area (Å²) < 4.78 is 0. The third-order valence-corrected chi connectivity index (χ3v) is 7.08. The first-order chi connectivity index (χ1) is 14.5. The fraction of sp³-hybridized carbons (Fsp3) is 0.304. The molecule has 0 unspecified atom stereocenters. The molecule has 0 N–H and O–H groups in total. The van der Waals surface area contributed by atoms with Gasteiger partial charge in [0.2, 0.25) is 5.91 Å². The molecular weight excluding hydrogens is 418 g/mol. The zero-order valence-electron chi connectivity index (χ0n) is 16.7. The summed E-state index contributed by atoms with van der Waals surface area (Å²) in [6.45, 7) is 0. The van der Waals surface area contributed by atoms with E-state index in [1.807, 2.05) is 42.5 Å². The van der Waals surface area contributed by atoms with E-state index in [1.165, 1.54) is 18.1 Å². The number of ketones is 1. The number of benzene rings is 2. The second kappa shape index (κ2) is 8.74. The van der Waals surface area contributed by atoms with E-state index in [0.717, 1.165) is 28.8 Å². The predicted molar refractivity (Wildman–Crippen MR) is 120 cm³/mol. The molecule has 0 saturated heterocycles. The van der Waals surface area contributed by atoms with Crippen molar-refractivity contribution >= 4 is 46.0 Å². The minimum atomic E-state index is -1.01. The highest BCUT2D eigenvalue weighted by Gasteiger charge is 2.47. The van der Waals surface area contributed by atoms with E-state index in [1.54, 1.807) is 18.0 Å². The lowest BCUT2D eigenvalue weighted by molar-refractivity contribution is -0.146. The van der Waals surface area contributed by atoms with E-state index < -0.39 is 5.54 Å². The topological polar surface area (TPSA) is 63.2 Å². The molecule has 0 aliphatic heterocycles. The van der Waals surface area contributed by atoms with Crippen LogP contribution in [0.15, 0.2) is 59.9 Å². The van der Waals surface area contributed by atoms with Gasteiger partial charge in [-0.3, -0.25) is 9.59 Å². The van der Waals surface area contributed by atoms with Crippen LogP contribution in [0.3, 0.4) is 0 Å². The van der Waals surface area contributed by atoms with Crippen LogP contribution in [-0.2, 0) is 15.1 Å². The number of amides is 1. The van der Waals surface area contributed by atoms with Crippen molar-refractivity contribution in [3.8, 4) is 0 Å². The zero-order valence-corrected chi connectivity index (χ0v) is 18.2. The lowest BCUT2D eigenvalue weighted by Crippen LogP contribution is -2.54. The van der Waals surface area contributed by atoms with Crippen LogP contribution in [0.4, 0.5) is 0 Å². The van der Waals surface area contributed by atoms with Gasteiger partial charge in [0.25, 0.3) is 0 Å². The SMILES string of the molecule is CN(C(=O)CSc1ncnc2ccccc12)[C@@]1(c2ccccc2Cl)CCCCC1=O. The minimum absolute atomic E-state index is 0.0511. The number of halogens is 1. The van der Waals surface area contributed by atoms with Gasteiger partial charge in [-0.05, 0) is 31.4 Å². The number of fused-ring (bicyclic) bond motifs is 1. The Morgan fingerprint density at radius 1 is 1.13 bits per heavy atom. The van der Waals surface area contributed by atoms with Crippen molar-refractivity contribution in [1.82, 2.24) is 14.9 Å². The van der Waals surface area contributed by atoms with Gasteiger partial charge in [0.1, 0.15) is 16.9 Å². The summed E-state index contributed by atoms with van der Waals surface area (Å²) in [7, 11) is 1.72. The van der Waals surface area contributed by atoms with Crippen molar-refractivity contribution < 1.29 is 9.59 Å². The number of rotatable bonds is 5. The highest BCUT2D eigenvalue weighted by Crippen LogP contribution is 2.42. The van der Waals surface area contributed by atoms with Crippen molar-refractivity contribution in [2.24, 2.45) is 0 Å². The Morgan fingerprint density at radius 2 is 1.90 bits per heavy atom. The number of nitrogens with zero attached hydrogens (tertiary/aromatic N) is 3. The molecule has 7 heteroatoms. The molecule has 1 atom stereocenters. The summed E-state index contributed by atoms with van der Waals surface area (Å²) in [5.74, 6) is 0.102. The summed E-state index contributed by atoms with van der Waals surface area (Å²) in [6, 6.07) is 15.1. The van der Waals surface area contributed by atoms with Crippen LogP contribution in [-0.4, -0.2) is 39.4 Å². The van der Waals surface area contributed by atoms with Crippen LogP contribution in [0, 0.1) is 0 Å². The number of aromatic nitrogens is 2. The number of carbonyl (C=O) groups is 2. The first-order valence-corrected chi connectivity index (χ1v) is 11.3. The lowest BCUT2D eigenvalue weighted by atomic mass is 9.74. The highest BCUT2D eigenvalue weighted by atomic mass is 35.5. The Hall–Kier alpha value is -2.44. The summed E-state index contributed by atoms with van der Waals surface area (Å²) in [6.07, 6.45) is 4.26. The Labute approximate surface area is 184 Å². The number of hydrogen-bond acceptors (Lipinski definition) is 5. The average Bonchev–Trinajstić information content (AvgIpc) is 2.78. The lowest BCUT2D eigenvalue weighted by Gasteiger charge is -2.44. The van der Waals surface area contributed by atoms with Gasteiger partial charge < -0.3 is 4.90 Å². The molecule has 1 aliphatic carbocycles. The van der Waals surface area contributed by atoms with Gasteiger partial charge in [-0.1, -0.05) is 59.8 Å². The predicted octanol–water partition coefficient (Wildman–Crippen LogP) is 4.87. The number of likely N-dealkylation sites (N-methyl/N-ethyl adjacent to an activating group) is 1. The average molecular weight is 440 g/mol. The third kappa shape index (κ3) is 3.70. The summed E-state index contributed by atoms with van der Waals surface area (Å²) in [5.41, 5.74) is 0.539. The van der Waals surface area contributed by atoms with Gasteiger partial charge in [-0.15, -0.1) is 0 Å². The number of para-hydroxylation sites is 1. The minimum Gasteiger partial charge on any atom is -0.328 e. The fourth-order valence-electron chi connectivity index (χ4n) is 4.16. The molecule has 1 aromatic heterocycles. The van der Waals surface area contributed by atoms with Crippen molar-refractivity contribution in [3.05, 3.63) is 65.4 Å². The molecule has 1 aliphatic rings. The molecule has 4 rings (SSSR count). The Balaban J connectivity index is 1.62. The number of hydrogen-bond donors (Lipinski definition) is 0. The first-order valence-electron chi connectivity index (χ1n) is 9.91. The molecule has 0 bridgehead atoms. The highest BCUT2D eigenvalue weighted by molar-refractivity contribution is 8.00. The third-order valence-electron chi connectivity index (χ3n) is 5.76. The zero-order chi connectivity index (χ0) is 21.1. The molecule has 1 heterocycles. The van der Waals surface area contributed by atoms with Crippen molar-refractivity contribution in [3.63, 3.8) is 0 Å².